The summed E-state index contributed by atoms with van der Waals surface area (Å²) in [5.74, 6) is -1.32. The third-order valence-corrected chi connectivity index (χ3v) is 3.42. The van der Waals surface area contributed by atoms with E-state index in [9.17, 15) is 14.4 Å². The van der Waals surface area contributed by atoms with E-state index in [1.807, 2.05) is 4.90 Å². The number of nitrogens with one attached hydrogen (secondary N) is 2. The maximum Gasteiger partial charge on any atom is 0.329 e. The summed E-state index contributed by atoms with van der Waals surface area (Å²) in [6.07, 6.45) is 1.26. The Morgan fingerprint density at radius 3 is 2.48 bits per heavy atom. The molecule has 0 radical (unpaired) electrons. The summed E-state index contributed by atoms with van der Waals surface area (Å²) in [5.41, 5.74) is 0. The highest BCUT2D eigenvalue weighted by molar-refractivity contribution is 5.96. The largest absolute Gasteiger partial charge is 0.480 e. The molecule has 8 nitrogen and oxygen atoms in total. The number of urea groups is 1. The first kappa shape index (κ1) is 17.4. The molecule has 0 aromatic rings. The molecule has 0 bridgehead atoms. The summed E-state index contributed by atoms with van der Waals surface area (Å²) in [6, 6.07) is -0.901. The predicted molar refractivity (Wildman–Crippen MR) is 74.9 cm³/mol. The Hall–Kier alpha value is -1.67. The number of hydrogen-bond acceptors (Lipinski definition) is 5. The fourth-order valence-corrected chi connectivity index (χ4v) is 2.21. The third kappa shape index (κ3) is 6.09. The van der Waals surface area contributed by atoms with Crippen molar-refractivity contribution in [3.05, 3.63) is 0 Å². The molecule has 0 aromatic heterocycles. The van der Waals surface area contributed by atoms with Crippen molar-refractivity contribution in [1.82, 2.24) is 15.5 Å². The van der Waals surface area contributed by atoms with Gasteiger partial charge in [0.2, 0.25) is 5.91 Å². The lowest BCUT2D eigenvalue weighted by Gasteiger charge is -2.34. The second-order valence-corrected chi connectivity index (χ2v) is 4.96. The van der Waals surface area contributed by atoms with Gasteiger partial charge in [-0.3, -0.25) is 15.0 Å². The van der Waals surface area contributed by atoms with Crippen LogP contribution in [0.2, 0.25) is 0 Å². The molecular weight excluding hydrogens is 278 g/mol. The SMILES string of the molecule is CCNC(=O)NC(=O)C(C)N1CCC(OCC(=O)O)CC1. The first-order chi connectivity index (χ1) is 9.93. The number of likely N-dealkylation sites (tertiary alicyclic amines) is 1. The fraction of sp³-hybridized carbons (Fsp3) is 0.769. The van der Waals surface area contributed by atoms with Gasteiger partial charge in [-0.15, -0.1) is 0 Å². The molecule has 1 rings (SSSR count). The van der Waals surface area contributed by atoms with Gasteiger partial charge in [-0.05, 0) is 26.7 Å². The van der Waals surface area contributed by atoms with Crippen molar-refractivity contribution in [2.75, 3.05) is 26.2 Å². The molecule has 1 aliphatic rings. The van der Waals surface area contributed by atoms with E-state index < -0.39 is 18.0 Å². The predicted octanol–water partition coefficient (Wildman–Crippen LogP) is -0.214. The van der Waals surface area contributed by atoms with Crippen LogP contribution in [0, 0.1) is 0 Å². The topological polar surface area (TPSA) is 108 Å². The van der Waals surface area contributed by atoms with Crippen LogP contribution in [0.1, 0.15) is 26.7 Å². The number of amides is 3. The summed E-state index contributed by atoms with van der Waals surface area (Å²) in [7, 11) is 0. The minimum absolute atomic E-state index is 0.0870. The van der Waals surface area contributed by atoms with Crippen LogP contribution in [0.4, 0.5) is 4.79 Å². The quantitative estimate of drug-likeness (QED) is 0.626. The summed E-state index contributed by atoms with van der Waals surface area (Å²) in [4.78, 5) is 35.6. The molecule has 21 heavy (non-hydrogen) atoms. The molecular formula is C13H23N3O5. The lowest BCUT2D eigenvalue weighted by atomic mass is 10.1. The minimum Gasteiger partial charge on any atom is -0.480 e. The maximum absolute atomic E-state index is 11.9. The number of imide groups is 1. The van der Waals surface area contributed by atoms with Crippen molar-refractivity contribution in [1.29, 1.82) is 0 Å². The Labute approximate surface area is 123 Å². The highest BCUT2D eigenvalue weighted by atomic mass is 16.5. The molecule has 0 aromatic carbocycles. The third-order valence-electron chi connectivity index (χ3n) is 3.42. The Balaban J connectivity index is 2.33. The average Bonchev–Trinajstić information content (AvgIpc) is 2.45. The molecule has 1 fully saturated rings. The van der Waals surface area contributed by atoms with Crippen LogP contribution in [0.25, 0.3) is 0 Å². The van der Waals surface area contributed by atoms with E-state index in [1.165, 1.54) is 0 Å². The zero-order valence-electron chi connectivity index (χ0n) is 12.4. The Morgan fingerprint density at radius 2 is 1.95 bits per heavy atom. The number of ether oxygens (including phenoxy) is 1. The molecule has 1 saturated heterocycles. The van der Waals surface area contributed by atoms with Crippen molar-refractivity contribution in [2.24, 2.45) is 0 Å². The van der Waals surface area contributed by atoms with E-state index in [1.54, 1.807) is 13.8 Å². The number of piperidine rings is 1. The molecule has 8 heteroatoms. The Morgan fingerprint density at radius 1 is 1.33 bits per heavy atom. The maximum atomic E-state index is 11.9. The van der Waals surface area contributed by atoms with E-state index in [-0.39, 0.29) is 18.6 Å². The van der Waals surface area contributed by atoms with Gasteiger partial charge in [-0.25, -0.2) is 9.59 Å². The van der Waals surface area contributed by atoms with Gasteiger partial charge in [0.15, 0.2) is 0 Å². The van der Waals surface area contributed by atoms with Crippen LogP contribution in [0.5, 0.6) is 0 Å². The normalized spacial score (nSPS) is 18.0. The number of carbonyl (C=O) groups excluding carboxylic acids is 2. The highest BCUT2D eigenvalue weighted by Crippen LogP contribution is 2.16. The van der Waals surface area contributed by atoms with E-state index in [4.69, 9.17) is 9.84 Å². The van der Waals surface area contributed by atoms with Crippen molar-refractivity contribution >= 4 is 17.9 Å². The minimum atomic E-state index is -0.980. The molecule has 0 saturated carbocycles. The summed E-state index contributed by atoms with van der Waals surface area (Å²) in [6.45, 7) is 4.95. The molecule has 1 unspecified atom stereocenters. The molecule has 0 aliphatic carbocycles. The monoisotopic (exact) mass is 301 g/mol. The molecule has 1 heterocycles. The summed E-state index contributed by atoms with van der Waals surface area (Å²) < 4.78 is 5.24. The molecule has 3 N–H and O–H groups in total. The zero-order chi connectivity index (χ0) is 15.8. The van der Waals surface area contributed by atoms with Crippen LogP contribution >= 0.6 is 0 Å². The van der Waals surface area contributed by atoms with Gasteiger partial charge in [0.05, 0.1) is 12.1 Å². The van der Waals surface area contributed by atoms with Gasteiger partial charge in [-0.2, -0.15) is 0 Å². The van der Waals surface area contributed by atoms with Gasteiger partial charge < -0.3 is 15.2 Å². The van der Waals surface area contributed by atoms with Crippen molar-refractivity contribution < 1.29 is 24.2 Å². The number of aliphatic carboxylic acids is 1. The Kier molecular flexibility index (Phi) is 7.10. The van der Waals surface area contributed by atoms with Gasteiger partial charge in [0.1, 0.15) is 6.61 Å². The van der Waals surface area contributed by atoms with Crippen molar-refractivity contribution in [3.8, 4) is 0 Å². The molecule has 0 spiro atoms. The number of rotatable bonds is 6. The second-order valence-electron chi connectivity index (χ2n) is 4.96. The smallest absolute Gasteiger partial charge is 0.329 e. The van der Waals surface area contributed by atoms with Crippen LogP contribution in [0.3, 0.4) is 0 Å². The summed E-state index contributed by atoms with van der Waals surface area (Å²) in [5, 5.41) is 13.4. The first-order valence-corrected chi connectivity index (χ1v) is 7.10. The average molecular weight is 301 g/mol. The van der Waals surface area contributed by atoms with Gasteiger partial charge in [0, 0.05) is 19.6 Å². The van der Waals surface area contributed by atoms with Crippen LogP contribution in [0.15, 0.2) is 0 Å². The van der Waals surface area contributed by atoms with Gasteiger partial charge >= 0.3 is 12.0 Å². The van der Waals surface area contributed by atoms with Gasteiger partial charge in [-0.1, -0.05) is 0 Å². The number of carboxylic acid groups (broad SMARTS) is 1. The lowest BCUT2D eigenvalue weighted by Crippen LogP contribution is -2.52. The molecule has 3 amide bonds. The van der Waals surface area contributed by atoms with Crippen molar-refractivity contribution in [2.45, 2.75) is 38.8 Å². The molecule has 1 atom stereocenters. The molecule has 120 valence electrons. The van der Waals surface area contributed by atoms with Crippen LogP contribution < -0.4 is 10.6 Å². The van der Waals surface area contributed by atoms with Crippen LogP contribution in [-0.2, 0) is 14.3 Å². The van der Waals surface area contributed by atoms with E-state index in [0.717, 1.165) is 0 Å². The standard InChI is InChI=1S/C13H23N3O5/c1-3-14-13(20)15-12(19)9(2)16-6-4-10(5-7-16)21-8-11(17)18/h9-10H,3-8H2,1-2H3,(H,17,18)(H2,14,15,19,20). The van der Waals surface area contributed by atoms with Gasteiger partial charge in [0.25, 0.3) is 0 Å². The second kappa shape index (κ2) is 8.58. The number of carbonyl (C=O) groups is 3. The number of carboxylic acids is 1. The van der Waals surface area contributed by atoms with Crippen molar-refractivity contribution in [3.63, 3.8) is 0 Å². The fourth-order valence-electron chi connectivity index (χ4n) is 2.21. The van der Waals surface area contributed by atoms with E-state index in [0.29, 0.717) is 32.5 Å². The number of hydrogen-bond donors (Lipinski definition) is 3. The zero-order valence-corrected chi connectivity index (χ0v) is 12.4. The Bertz CT molecular complexity index is 380. The van der Waals surface area contributed by atoms with E-state index in [2.05, 4.69) is 10.6 Å². The highest BCUT2D eigenvalue weighted by Gasteiger charge is 2.27. The van der Waals surface area contributed by atoms with E-state index >= 15 is 0 Å². The number of nitrogens with zero attached hydrogens (tertiary/aromatic N) is 1. The van der Waals surface area contributed by atoms with Crippen LogP contribution in [-0.4, -0.2) is 66.3 Å². The molecule has 1 aliphatic heterocycles. The first-order valence-electron chi connectivity index (χ1n) is 7.10. The lowest BCUT2D eigenvalue weighted by molar-refractivity contribution is -0.145. The summed E-state index contributed by atoms with van der Waals surface area (Å²) >= 11 is 0.